The van der Waals surface area contributed by atoms with Gasteiger partial charge in [-0.1, -0.05) is 6.07 Å². The van der Waals surface area contributed by atoms with Crippen molar-refractivity contribution in [1.82, 2.24) is 5.43 Å². The SMILES string of the molecule is Cc1cc(C)c(F)c(N2NCC(C(F)(F)F)C2=O)c1F. The smallest absolute Gasteiger partial charge is 0.272 e. The molecule has 2 rings (SSSR count). The van der Waals surface area contributed by atoms with Gasteiger partial charge in [0.15, 0.2) is 11.6 Å². The summed E-state index contributed by atoms with van der Waals surface area (Å²) in [4.78, 5) is 11.7. The highest BCUT2D eigenvalue weighted by atomic mass is 19.4. The molecule has 110 valence electrons. The van der Waals surface area contributed by atoms with Crippen LogP contribution >= 0.6 is 0 Å². The highest BCUT2D eigenvalue weighted by molar-refractivity contribution is 5.97. The summed E-state index contributed by atoms with van der Waals surface area (Å²) in [5.74, 6) is -5.84. The van der Waals surface area contributed by atoms with Gasteiger partial charge in [-0.3, -0.25) is 4.79 Å². The zero-order valence-electron chi connectivity index (χ0n) is 10.6. The van der Waals surface area contributed by atoms with Crippen molar-refractivity contribution >= 4 is 11.6 Å². The summed E-state index contributed by atoms with van der Waals surface area (Å²) in [6.45, 7) is 1.94. The topological polar surface area (TPSA) is 32.3 Å². The lowest BCUT2D eigenvalue weighted by atomic mass is 10.1. The summed E-state index contributed by atoms with van der Waals surface area (Å²) >= 11 is 0. The summed E-state index contributed by atoms with van der Waals surface area (Å²) in [7, 11) is 0. The van der Waals surface area contributed by atoms with Gasteiger partial charge in [0.2, 0.25) is 0 Å². The second-order valence-electron chi connectivity index (χ2n) is 4.62. The van der Waals surface area contributed by atoms with Crippen LogP contribution in [0.5, 0.6) is 0 Å². The van der Waals surface area contributed by atoms with Gasteiger partial charge in [-0.2, -0.15) is 13.2 Å². The molecule has 1 fully saturated rings. The average molecular weight is 294 g/mol. The van der Waals surface area contributed by atoms with Gasteiger partial charge in [0, 0.05) is 6.54 Å². The zero-order valence-corrected chi connectivity index (χ0v) is 10.6. The van der Waals surface area contributed by atoms with Crippen molar-refractivity contribution in [3.8, 4) is 0 Å². The molecule has 3 nitrogen and oxygen atoms in total. The Balaban J connectivity index is 2.47. The lowest BCUT2D eigenvalue weighted by Gasteiger charge is -2.20. The van der Waals surface area contributed by atoms with Crippen molar-refractivity contribution in [3.05, 3.63) is 28.8 Å². The Hall–Kier alpha value is -1.70. The first-order valence-corrected chi connectivity index (χ1v) is 5.74. The lowest BCUT2D eigenvalue weighted by Crippen LogP contribution is -2.38. The van der Waals surface area contributed by atoms with Crippen LogP contribution in [0.1, 0.15) is 11.1 Å². The molecule has 20 heavy (non-hydrogen) atoms. The van der Waals surface area contributed by atoms with Gasteiger partial charge < -0.3 is 0 Å². The number of carbonyl (C=O) groups is 1. The number of amides is 1. The van der Waals surface area contributed by atoms with E-state index >= 15 is 0 Å². The molecule has 0 spiro atoms. The molecule has 1 N–H and O–H groups in total. The quantitative estimate of drug-likeness (QED) is 0.808. The number of rotatable bonds is 1. The number of nitrogens with one attached hydrogen (secondary N) is 1. The van der Waals surface area contributed by atoms with E-state index in [1.165, 1.54) is 19.9 Å². The number of anilines is 1. The molecule has 1 aromatic carbocycles. The van der Waals surface area contributed by atoms with Crippen LogP contribution in [-0.4, -0.2) is 18.6 Å². The fourth-order valence-corrected chi connectivity index (χ4v) is 2.07. The minimum atomic E-state index is -4.76. The molecule has 1 amide bonds. The molecule has 1 aromatic rings. The largest absolute Gasteiger partial charge is 0.401 e. The third-order valence-corrected chi connectivity index (χ3v) is 3.13. The third-order valence-electron chi connectivity index (χ3n) is 3.13. The second-order valence-corrected chi connectivity index (χ2v) is 4.62. The summed E-state index contributed by atoms with van der Waals surface area (Å²) in [6, 6.07) is 1.22. The number of alkyl halides is 3. The maximum Gasteiger partial charge on any atom is 0.401 e. The van der Waals surface area contributed by atoms with Gasteiger partial charge in [-0.05, 0) is 25.0 Å². The molecule has 0 saturated carbocycles. The van der Waals surface area contributed by atoms with E-state index in [-0.39, 0.29) is 11.1 Å². The highest BCUT2D eigenvalue weighted by Gasteiger charge is 2.51. The number of nitrogens with zero attached hydrogens (tertiary/aromatic N) is 1. The molecule has 0 aliphatic carbocycles. The average Bonchev–Trinajstić information content (AvgIpc) is 2.69. The van der Waals surface area contributed by atoms with Crippen LogP contribution in [-0.2, 0) is 4.79 Å². The van der Waals surface area contributed by atoms with Crippen molar-refractivity contribution in [3.63, 3.8) is 0 Å². The minimum Gasteiger partial charge on any atom is -0.272 e. The number of hydrazine groups is 1. The number of halogens is 5. The van der Waals surface area contributed by atoms with Crippen molar-refractivity contribution in [1.29, 1.82) is 0 Å². The lowest BCUT2D eigenvalue weighted by molar-refractivity contribution is -0.174. The van der Waals surface area contributed by atoms with E-state index in [0.29, 0.717) is 5.01 Å². The van der Waals surface area contributed by atoms with Crippen LogP contribution in [0.15, 0.2) is 6.07 Å². The maximum atomic E-state index is 13.9. The first-order valence-electron chi connectivity index (χ1n) is 5.74. The number of hydrogen-bond donors (Lipinski definition) is 1. The molecule has 0 aromatic heterocycles. The van der Waals surface area contributed by atoms with Crippen LogP contribution in [0.3, 0.4) is 0 Å². The predicted octanol–water partition coefficient (Wildman–Crippen LogP) is 2.61. The zero-order chi connectivity index (χ0) is 15.2. The van der Waals surface area contributed by atoms with Crippen LogP contribution < -0.4 is 10.4 Å². The van der Waals surface area contributed by atoms with Crippen molar-refractivity contribution < 1.29 is 26.7 Å². The van der Waals surface area contributed by atoms with Crippen molar-refractivity contribution in [2.24, 2.45) is 5.92 Å². The molecular formula is C12H11F5N2O. The van der Waals surface area contributed by atoms with Gasteiger partial charge in [0.05, 0.1) is 0 Å². The Morgan fingerprint density at radius 1 is 1.20 bits per heavy atom. The maximum absolute atomic E-state index is 13.9. The molecule has 8 heteroatoms. The van der Waals surface area contributed by atoms with Gasteiger partial charge in [-0.15, -0.1) is 0 Å². The number of hydrogen-bond acceptors (Lipinski definition) is 2. The molecule has 1 aliphatic rings. The Morgan fingerprint density at radius 2 is 1.70 bits per heavy atom. The van der Waals surface area contributed by atoms with Crippen LogP contribution in [0.25, 0.3) is 0 Å². The molecule has 1 heterocycles. The van der Waals surface area contributed by atoms with E-state index in [1.807, 2.05) is 0 Å². The fourth-order valence-electron chi connectivity index (χ4n) is 2.07. The van der Waals surface area contributed by atoms with Crippen molar-refractivity contribution in [2.45, 2.75) is 20.0 Å². The summed E-state index contributed by atoms with van der Waals surface area (Å²) < 4.78 is 65.6. The first kappa shape index (κ1) is 14.7. The van der Waals surface area contributed by atoms with Gasteiger partial charge in [0.1, 0.15) is 11.6 Å². The van der Waals surface area contributed by atoms with Crippen molar-refractivity contribution in [2.75, 3.05) is 11.6 Å². The number of benzene rings is 1. The Labute approximate surface area is 111 Å². The van der Waals surface area contributed by atoms with Crippen LogP contribution in [0, 0.1) is 31.4 Å². The molecule has 1 aliphatic heterocycles. The van der Waals surface area contributed by atoms with E-state index in [1.54, 1.807) is 0 Å². The van der Waals surface area contributed by atoms with Gasteiger partial charge in [-0.25, -0.2) is 19.2 Å². The molecular weight excluding hydrogens is 283 g/mol. The Bertz CT molecular complexity index is 544. The predicted molar refractivity (Wildman–Crippen MR) is 60.9 cm³/mol. The standard InChI is InChI=1S/C12H11F5N2O/c1-5-3-6(2)9(14)10(8(5)13)19-11(20)7(4-18-19)12(15,16)17/h3,7,18H,4H2,1-2H3. The summed E-state index contributed by atoms with van der Waals surface area (Å²) in [5, 5.41) is 0.308. The van der Waals surface area contributed by atoms with E-state index in [2.05, 4.69) is 5.43 Å². The Morgan fingerprint density at radius 3 is 2.10 bits per heavy atom. The normalized spacial score (nSPS) is 19.9. The first-order chi connectivity index (χ1) is 9.14. The van der Waals surface area contributed by atoms with E-state index < -0.39 is 41.9 Å². The van der Waals surface area contributed by atoms with E-state index in [9.17, 15) is 26.7 Å². The van der Waals surface area contributed by atoms with Gasteiger partial charge in [0.25, 0.3) is 5.91 Å². The van der Waals surface area contributed by atoms with Crippen LogP contribution in [0.4, 0.5) is 27.6 Å². The minimum absolute atomic E-state index is 0.0453. The Kier molecular flexibility index (Phi) is 3.45. The molecule has 1 atom stereocenters. The van der Waals surface area contributed by atoms with E-state index in [4.69, 9.17) is 0 Å². The highest BCUT2D eigenvalue weighted by Crippen LogP contribution is 2.35. The third kappa shape index (κ3) is 2.24. The number of aryl methyl sites for hydroxylation is 2. The summed E-state index contributed by atoms with van der Waals surface area (Å²) in [6.07, 6.45) is -4.76. The second kappa shape index (κ2) is 4.69. The number of carbonyl (C=O) groups excluding carboxylic acids is 1. The fraction of sp³-hybridized carbons (Fsp3) is 0.417. The van der Waals surface area contributed by atoms with Crippen LogP contribution in [0.2, 0.25) is 0 Å². The van der Waals surface area contributed by atoms with Gasteiger partial charge >= 0.3 is 6.18 Å². The molecule has 1 saturated heterocycles. The monoisotopic (exact) mass is 294 g/mol. The molecule has 1 unspecified atom stereocenters. The summed E-state index contributed by atoms with van der Waals surface area (Å²) in [5.41, 5.74) is 1.40. The molecule has 0 radical (unpaired) electrons. The van der Waals surface area contributed by atoms with E-state index in [0.717, 1.165) is 0 Å². The molecule has 0 bridgehead atoms.